The third-order valence-corrected chi connectivity index (χ3v) is 6.02. The summed E-state index contributed by atoms with van der Waals surface area (Å²) in [5.41, 5.74) is 1.11. The van der Waals surface area contributed by atoms with Gasteiger partial charge in [-0.25, -0.2) is 9.78 Å². The van der Waals surface area contributed by atoms with Crippen molar-refractivity contribution in [2.24, 2.45) is 0 Å². The molecule has 1 aliphatic carbocycles. The summed E-state index contributed by atoms with van der Waals surface area (Å²) in [4.78, 5) is 31.7. The Labute approximate surface area is 136 Å². The molecular formula is C15H16N2O3S2. The van der Waals surface area contributed by atoms with Crippen molar-refractivity contribution in [3.8, 4) is 0 Å². The zero-order valence-corrected chi connectivity index (χ0v) is 14.0. The number of nitrogens with zero attached hydrogens (tertiary/aromatic N) is 2. The van der Waals surface area contributed by atoms with Gasteiger partial charge in [-0.1, -0.05) is 0 Å². The van der Waals surface area contributed by atoms with Crippen LogP contribution in [0.5, 0.6) is 0 Å². The van der Waals surface area contributed by atoms with Gasteiger partial charge in [0, 0.05) is 7.05 Å². The van der Waals surface area contributed by atoms with E-state index in [1.165, 1.54) is 10.9 Å². The van der Waals surface area contributed by atoms with E-state index in [1.54, 1.807) is 29.4 Å². The van der Waals surface area contributed by atoms with E-state index in [9.17, 15) is 9.59 Å². The highest BCUT2D eigenvalue weighted by atomic mass is 32.1. The number of carboxylic acids is 1. The number of thiophene rings is 1. The number of thiazole rings is 1. The quantitative estimate of drug-likeness (QED) is 0.933. The Hall–Kier alpha value is -1.73. The van der Waals surface area contributed by atoms with Crippen molar-refractivity contribution in [2.45, 2.75) is 32.2 Å². The molecule has 7 heteroatoms. The summed E-state index contributed by atoms with van der Waals surface area (Å²) in [6, 6.07) is 3.11. The lowest BCUT2D eigenvalue weighted by Gasteiger charge is -2.30. The first-order chi connectivity index (χ1) is 10.5. The third kappa shape index (κ3) is 2.66. The Bertz CT molecular complexity index is 735. The minimum atomic E-state index is -0.996. The monoisotopic (exact) mass is 336 g/mol. The maximum atomic E-state index is 12.6. The summed E-state index contributed by atoms with van der Waals surface area (Å²) < 4.78 is 0. The average molecular weight is 336 g/mol. The van der Waals surface area contributed by atoms with Crippen molar-refractivity contribution < 1.29 is 14.7 Å². The zero-order valence-electron chi connectivity index (χ0n) is 12.3. The van der Waals surface area contributed by atoms with E-state index in [0.717, 1.165) is 41.3 Å². The number of amides is 1. The molecule has 1 atom stereocenters. The summed E-state index contributed by atoms with van der Waals surface area (Å²) in [7, 11) is 1.79. The molecule has 0 spiro atoms. The Morgan fingerprint density at radius 2 is 2.05 bits per heavy atom. The van der Waals surface area contributed by atoms with Gasteiger partial charge in [0.05, 0.1) is 26.5 Å². The van der Waals surface area contributed by atoms with Crippen molar-refractivity contribution in [3.05, 3.63) is 37.5 Å². The van der Waals surface area contributed by atoms with Crippen LogP contribution in [0.3, 0.4) is 0 Å². The Morgan fingerprint density at radius 1 is 1.32 bits per heavy atom. The second kappa shape index (κ2) is 5.81. The summed E-state index contributed by atoms with van der Waals surface area (Å²) in [6.45, 7) is 1.99. The number of hydrogen-bond donors (Lipinski definition) is 1. The number of aryl methyl sites for hydroxylation is 2. The number of carboxylic acid groups (broad SMARTS) is 1. The van der Waals surface area contributed by atoms with Gasteiger partial charge >= 0.3 is 5.97 Å². The first-order valence-electron chi connectivity index (χ1n) is 7.04. The van der Waals surface area contributed by atoms with Gasteiger partial charge in [-0.3, -0.25) is 4.79 Å². The van der Waals surface area contributed by atoms with Crippen LogP contribution in [0.4, 0.5) is 0 Å². The highest BCUT2D eigenvalue weighted by molar-refractivity contribution is 7.15. The van der Waals surface area contributed by atoms with Crippen molar-refractivity contribution >= 4 is 34.6 Å². The number of carbonyl (C=O) groups excluding carboxylic acids is 1. The number of aromatic carboxylic acids is 1. The molecule has 0 radical (unpaired) electrons. The Balaban J connectivity index is 1.85. The van der Waals surface area contributed by atoms with Crippen LogP contribution in [-0.4, -0.2) is 33.9 Å². The molecule has 1 N–H and O–H groups in total. The van der Waals surface area contributed by atoms with Gasteiger partial charge < -0.3 is 10.0 Å². The molecule has 2 aromatic rings. The van der Waals surface area contributed by atoms with Gasteiger partial charge in [0.15, 0.2) is 0 Å². The Morgan fingerprint density at radius 3 is 2.73 bits per heavy atom. The fourth-order valence-electron chi connectivity index (χ4n) is 2.77. The number of fused-ring (bicyclic) bond motifs is 1. The van der Waals surface area contributed by atoms with E-state index in [0.29, 0.717) is 4.88 Å². The minimum Gasteiger partial charge on any atom is -0.477 e. The minimum absolute atomic E-state index is 0.0397. The van der Waals surface area contributed by atoms with Crippen molar-refractivity contribution in [3.63, 3.8) is 0 Å². The molecule has 0 saturated carbocycles. The fourth-order valence-corrected chi connectivity index (χ4v) is 4.75. The van der Waals surface area contributed by atoms with E-state index in [-0.39, 0.29) is 16.8 Å². The summed E-state index contributed by atoms with van der Waals surface area (Å²) in [6.07, 6.45) is 2.91. The smallest absolute Gasteiger partial charge is 0.345 e. The molecule has 0 bridgehead atoms. The van der Waals surface area contributed by atoms with Crippen LogP contribution in [0.15, 0.2) is 12.1 Å². The highest BCUT2D eigenvalue weighted by Gasteiger charge is 2.30. The van der Waals surface area contributed by atoms with E-state index in [4.69, 9.17) is 5.11 Å². The number of hydrogen-bond acceptors (Lipinski definition) is 5. The maximum Gasteiger partial charge on any atom is 0.345 e. The van der Waals surface area contributed by atoms with Crippen LogP contribution in [0.2, 0.25) is 0 Å². The molecule has 0 saturated heterocycles. The molecule has 0 fully saturated rings. The van der Waals surface area contributed by atoms with Crippen LogP contribution in [0, 0.1) is 6.92 Å². The van der Waals surface area contributed by atoms with Crippen molar-refractivity contribution in [1.29, 1.82) is 0 Å². The SMILES string of the molecule is Cc1nc2c(s1)[C@H](N(C)C(=O)c1ccc(C(=O)O)s1)CCC2. The normalized spacial score (nSPS) is 17.1. The second-order valence-corrected chi connectivity index (χ2v) is 7.66. The first kappa shape index (κ1) is 15.2. The van der Waals surface area contributed by atoms with E-state index in [1.807, 2.05) is 6.92 Å². The molecular weight excluding hydrogens is 320 g/mol. The molecule has 1 aliphatic rings. The predicted molar refractivity (Wildman–Crippen MR) is 85.9 cm³/mol. The topological polar surface area (TPSA) is 70.5 Å². The summed E-state index contributed by atoms with van der Waals surface area (Å²) in [5, 5.41) is 10.0. The standard InChI is InChI=1S/C15H16N2O3S2/c1-8-16-9-4-3-5-10(13(9)21-8)17(2)14(18)11-6-7-12(22-11)15(19)20/h6-7,10H,3-5H2,1-2H3,(H,19,20)/t10-/m1/s1. The second-order valence-electron chi connectivity index (χ2n) is 5.34. The van der Waals surface area contributed by atoms with Crippen molar-refractivity contribution in [1.82, 2.24) is 9.88 Å². The fraction of sp³-hybridized carbons (Fsp3) is 0.400. The summed E-state index contributed by atoms with van der Waals surface area (Å²) in [5.74, 6) is -1.12. The highest BCUT2D eigenvalue weighted by Crippen LogP contribution is 2.38. The lowest BCUT2D eigenvalue weighted by atomic mass is 9.97. The van der Waals surface area contributed by atoms with Gasteiger partial charge in [-0.2, -0.15) is 0 Å². The molecule has 116 valence electrons. The molecule has 1 amide bonds. The van der Waals surface area contributed by atoms with E-state index < -0.39 is 5.97 Å². The zero-order chi connectivity index (χ0) is 15.9. The Kier molecular flexibility index (Phi) is 4.01. The van der Waals surface area contributed by atoms with Crippen molar-refractivity contribution in [2.75, 3.05) is 7.05 Å². The lowest BCUT2D eigenvalue weighted by molar-refractivity contribution is 0.0700. The van der Waals surface area contributed by atoms with E-state index in [2.05, 4.69) is 4.98 Å². The van der Waals surface area contributed by atoms with Gasteiger partial charge in [0.2, 0.25) is 0 Å². The molecule has 0 aliphatic heterocycles. The number of rotatable bonds is 3. The predicted octanol–water partition coefficient (Wildman–Crippen LogP) is 3.36. The molecule has 0 aromatic carbocycles. The molecule has 22 heavy (non-hydrogen) atoms. The van der Waals surface area contributed by atoms with Crippen LogP contribution < -0.4 is 0 Å². The molecule has 2 aromatic heterocycles. The van der Waals surface area contributed by atoms with Gasteiger partial charge in [0.25, 0.3) is 5.91 Å². The number of carbonyl (C=O) groups is 2. The molecule has 3 rings (SSSR count). The maximum absolute atomic E-state index is 12.6. The van der Waals surface area contributed by atoms with Gasteiger partial charge in [-0.05, 0) is 38.3 Å². The summed E-state index contributed by atoms with van der Waals surface area (Å²) >= 11 is 2.68. The largest absolute Gasteiger partial charge is 0.477 e. The third-order valence-electron chi connectivity index (χ3n) is 3.84. The van der Waals surface area contributed by atoms with Crippen LogP contribution in [0.1, 0.15) is 53.8 Å². The van der Waals surface area contributed by atoms with Gasteiger partial charge in [0.1, 0.15) is 4.88 Å². The average Bonchev–Trinajstić information content (AvgIpc) is 3.10. The molecule has 0 unspecified atom stereocenters. The molecule has 2 heterocycles. The lowest BCUT2D eigenvalue weighted by Crippen LogP contribution is -2.32. The van der Waals surface area contributed by atoms with Crippen LogP contribution in [-0.2, 0) is 6.42 Å². The first-order valence-corrected chi connectivity index (χ1v) is 8.67. The van der Waals surface area contributed by atoms with Crippen LogP contribution in [0.25, 0.3) is 0 Å². The van der Waals surface area contributed by atoms with Gasteiger partial charge in [-0.15, -0.1) is 22.7 Å². The number of aromatic nitrogens is 1. The van der Waals surface area contributed by atoms with E-state index >= 15 is 0 Å². The van der Waals surface area contributed by atoms with Crippen LogP contribution >= 0.6 is 22.7 Å². The molecule has 5 nitrogen and oxygen atoms in total.